The van der Waals surface area contributed by atoms with Crippen molar-refractivity contribution in [1.82, 2.24) is 4.98 Å². The van der Waals surface area contributed by atoms with E-state index in [1.165, 1.54) is 24.4 Å². The van der Waals surface area contributed by atoms with Crippen molar-refractivity contribution in [3.05, 3.63) is 48.3 Å². The molecule has 6 heteroatoms. The highest BCUT2D eigenvalue weighted by molar-refractivity contribution is 6.04. The quantitative estimate of drug-likeness (QED) is 0.914. The van der Waals surface area contributed by atoms with Gasteiger partial charge in [0.2, 0.25) is 0 Å². The summed E-state index contributed by atoms with van der Waals surface area (Å²) in [5, 5.41) is 2.68. The first-order valence-corrected chi connectivity index (χ1v) is 5.96. The van der Waals surface area contributed by atoms with E-state index in [0.717, 1.165) is 6.92 Å². The number of alkyl halides is 1. The minimum absolute atomic E-state index is 0.203. The molecule has 0 spiro atoms. The molecule has 2 aromatic rings. The number of amides is 1. The summed E-state index contributed by atoms with van der Waals surface area (Å²) in [6, 6.07) is 5.71. The molecular weight excluding hydrogens is 263 g/mol. The molecule has 1 aromatic carbocycles. The number of ether oxygens (including phenoxy) is 2. The van der Waals surface area contributed by atoms with Crippen molar-refractivity contribution >= 4 is 11.6 Å². The number of rotatable bonds is 2. The molecule has 1 amide bonds. The van der Waals surface area contributed by atoms with Crippen molar-refractivity contribution in [2.75, 3.05) is 5.32 Å². The Kier molecular flexibility index (Phi) is 2.78. The second-order valence-corrected chi connectivity index (χ2v) is 4.40. The fourth-order valence-electron chi connectivity index (χ4n) is 1.87. The molecule has 1 atom stereocenters. The molecule has 102 valence electrons. The van der Waals surface area contributed by atoms with Crippen LogP contribution in [0.2, 0.25) is 0 Å². The lowest BCUT2D eigenvalue weighted by Crippen LogP contribution is -2.27. The van der Waals surface area contributed by atoms with Gasteiger partial charge in [-0.2, -0.15) is 4.39 Å². The minimum atomic E-state index is -2.19. The van der Waals surface area contributed by atoms with E-state index < -0.39 is 6.04 Å². The van der Waals surface area contributed by atoms with Crippen molar-refractivity contribution < 1.29 is 18.7 Å². The highest BCUT2D eigenvalue weighted by Crippen LogP contribution is 2.40. The van der Waals surface area contributed by atoms with Crippen molar-refractivity contribution in [1.29, 1.82) is 0 Å². The summed E-state index contributed by atoms with van der Waals surface area (Å²) in [7, 11) is 0. The maximum Gasteiger partial charge on any atom is 0.404 e. The Hall–Kier alpha value is -2.63. The summed E-state index contributed by atoms with van der Waals surface area (Å²) in [6.07, 6.45) is 3.14. The number of fused-ring (bicyclic) bond motifs is 1. The number of pyridine rings is 1. The normalized spacial score (nSPS) is 19.7. The van der Waals surface area contributed by atoms with Crippen LogP contribution < -0.4 is 14.8 Å². The van der Waals surface area contributed by atoms with E-state index in [1.807, 2.05) is 0 Å². The van der Waals surface area contributed by atoms with Crippen LogP contribution in [0.1, 0.15) is 17.3 Å². The zero-order valence-corrected chi connectivity index (χ0v) is 10.6. The number of nitrogens with zero attached hydrogens (tertiary/aromatic N) is 1. The molecule has 20 heavy (non-hydrogen) atoms. The monoisotopic (exact) mass is 274 g/mol. The highest BCUT2D eigenvalue weighted by Gasteiger charge is 2.37. The van der Waals surface area contributed by atoms with E-state index in [0.29, 0.717) is 11.3 Å². The Bertz CT molecular complexity index is 659. The van der Waals surface area contributed by atoms with Crippen LogP contribution in [0.5, 0.6) is 11.5 Å². The van der Waals surface area contributed by atoms with Crippen molar-refractivity contribution in [2.24, 2.45) is 0 Å². The zero-order valence-electron chi connectivity index (χ0n) is 10.6. The van der Waals surface area contributed by atoms with Gasteiger partial charge >= 0.3 is 6.04 Å². The van der Waals surface area contributed by atoms with Gasteiger partial charge in [-0.05, 0) is 30.3 Å². The lowest BCUT2D eigenvalue weighted by Gasteiger charge is -2.10. The molecule has 0 fully saturated rings. The van der Waals surface area contributed by atoms with E-state index in [9.17, 15) is 9.18 Å². The first kappa shape index (κ1) is 12.4. The number of benzene rings is 1. The van der Waals surface area contributed by atoms with E-state index >= 15 is 0 Å². The number of aromatic nitrogens is 1. The van der Waals surface area contributed by atoms with Gasteiger partial charge in [-0.1, -0.05) is 0 Å². The molecular formula is C14H11FN2O3. The summed E-state index contributed by atoms with van der Waals surface area (Å²) in [4.78, 5) is 15.9. The van der Waals surface area contributed by atoms with Crippen LogP contribution in [0.25, 0.3) is 0 Å². The Balaban J connectivity index is 1.81. The van der Waals surface area contributed by atoms with Gasteiger partial charge in [-0.25, -0.2) is 0 Å². The molecule has 1 N–H and O–H groups in total. The van der Waals surface area contributed by atoms with Gasteiger partial charge in [-0.15, -0.1) is 0 Å². The van der Waals surface area contributed by atoms with Gasteiger partial charge < -0.3 is 14.8 Å². The lowest BCUT2D eigenvalue weighted by molar-refractivity contribution is -0.173. The topological polar surface area (TPSA) is 60.5 Å². The average Bonchev–Trinajstić information content (AvgIpc) is 2.72. The predicted molar refractivity (Wildman–Crippen MR) is 69.4 cm³/mol. The number of hydrogen-bond acceptors (Lipinski definition) is 4. The first-order chi connectivity index (χ1) is 9.53. The van der Waals surface area contributed by atoms with E-state index in [-0.39, 0.29) is 17.4 Å². The minimum Gasteiger partial charge on any atom is -0.423 e. The maximum atomic E-state index is 13.5. The summed E-state index contributed by atoms with van der Waals surface area (Å²) >= 11 is 0. The predicted octanol–water partition coefficient (Wildman–Crippen LogP) is 2.75. The lowest BCUT2D eigenvalue weighted by atomic mass is 10.2. The molecule has 0 saturated heterocycles. The standard InChI is InChI=1S/C14H11FN2O3/c1-14(15)19-11-5-4-9(7-12(11)20-14)13(18)17-10-3-2-6-16-8-10/h2-8H,1H3,(H,17,18). The second-order valence-electron chi connectivity index (χ2n) is 4.40. The number of nitrogens with one attached hydrogen (secondary N) is 1. The van der Waals surface area contributed by atoms with Crippen LogP contribution in [0, 0.1) is 0 Å². The molecule has 0 bridgehead atoms. The maximum absolute atomic E-state index is 13.5. The summed E-state index contributed by atoms with van der Waals surface area (Å²) in [5.74, 6) is 0.138. The number of hydrogen-bond donors (Lipinski definition) is 1. The zero-order chi connectivity index (χ0) is 14.2. The molecule has 0 saturated carbocycles. The molecule has 0 aliphatic carbocycles. The number of carbonyl (C=O) groups is 1. The Morgan fingerprint density at radius 1 is 1.30 bits per heavy atom. The smallest absolute Gasteiger partial charge is 0.404 e. The van der Waals surface area contributed by atoms with Gasteiger partial charge in [0.25, 0.3) is 5.91 Å². The van der Waals surface area contributed by atoms with Gasteiger partial charge in [-0.3, -0.25) is 9.78 Å². The molecule has 1 aliphatic heterocycles. The van der Waals surface area contributed by atoms with Crippen molar-refractivity contribution in [3.63, 3.8) is 0 Å². The van der Waals surface area contributed by atoms with Crippen molar-refractivity contribution in [2.45, 2.75) is 13.0 Å². The van der Waals surface area contributed by atoms with Gasteiger partial charge in [0.05, 0.1) is 11.9 Å². The molecule has 1 aromatic heterocycles. The molecule has 2 heterocycles. The Morgan fingerprint density at radius 2 is 2.10 bits per heavy atom. The molecule has 1 aliphatic rings. The number of anilines is 1. The van der Waals surface area contributed by atoms with Crippen LogP contribution in [-0.4, -0.2) is 16.9 Å². The molecule has 5 nitrogen and oxygen atoms in total. The molecule has 1 unspecified atom stereocenters. The van der Waals surface area contributed by atoms with Crippen LogP contribution in [0.4, 0.5) is 10.1 Å². The largest absolute Gasteiger partial charge is 0.423 e. The van der Waals surface area contributed by atoms with Gasteiger partial charge in [0, 0.05) is 18.7 Å². The highest BCUT2D eigenvalue weighted by atomic mass is 19.2. The summed E-state index contributed by atoms with van der Waals surface area (Å²) in [6.45, 7) is 1.16. The Morgan fingerprint density at radius 3 is 2.85 bits per heavy atom. The van der Waals surface area contributed by atoms with Gasteiger partial charge in [0.15, 0.2) is 11.5 Å². The third kappa shape index (κ3) is 2.40. The first-order valence-electron chi connectivity index (χ1n) is 5.96. The average molecular weight is 274 g/mol. The SMILES string of the molecule is CC1(F)Oc2ccc(C(=O)Nc3cccnc3)cc2O1. The van der Waals surface area contributed by atoms with Crippen LogP contribution in [0.15, 0.2) is 42.7 Å². The molecule has 3 rings (SSSR count). The van der Waals surface area contributed by atoms with Crippen LogP contribution in [0.3, 0.4) is 0 Å². The van der Waals surface area contributed by atoms with Gasteiger partial charge in [0.1, 0.15) is 0 Å². The van der Waals surface area contributed by atoms with E-state index in [1.54, 1.807) is 18.3 Å². The fraction of sp³-hybridized carbons (Fsp3) is 0.143. The third-order valence-electron chi connectivity index (χ3n) is 2.71. The van der Waals surface area contributed by atoms with E-state index in [2.05, 4.69) is 10.3 Å². The van der Waals surface area contributed by atoms with Crippen LogP contribution >= 0.6 is 0 Å². The van der Waals surface area contributed by atoms with Crippen molar-refractivity contribution in [3.8, 4) is 11.5 Å². The summed E-state index contributed by atoms with van der Waals surface area (Å²) in [5.41, 5.74) is 0.916. The summed E-state index contributed by atoms with van der Waals surface area (Å²) < 4.78 is 23.4. The van der Waals surface area contributed by atoms with E-state index in [4.69, 9.17) is 9.47 Å². The molecule has 0 radical (unpaired) electrons. The fourth-order valence-corrected chi connectivity index (χ4v) is 1.87. The third-order valence-corrected chi connectivity index (χ3v) is 2.71. The van der Waals surface area contributed by atoms with Crippen LogP contribution in [-0.2, 0) is 0 Å². The number of carbonyl (C=O) groups excluding carboxylic acids is 1. The second kappa shape index (κ2) is 4.48. The Labute approximate surface area is 114 Å². The number of halogens is 1.